The van der Waals surface area contributed by atoms with Gasteiger partial charge in [-0.1, -0.05) is 0 Å². The van der Waals surface area contributed by atoms with Gasteiger partial charge in [-0.2, -0.15) is 4.31 Å². The molecule has 1 aromatic rings. The molecular weight excluding hydrogens is 405 g/mol. The Balaban J connectivity index is 2.33. The van der Waals surface area contributed by atoms with Crippen LogP contribution in [-0.4, -0.2) is 47.9 Å². The molecule has 1 saturated heterocycles. The van der Waals surface area contributed by atoms with Crippen LogP contribution in [0.5, 0.6) is 0 Å². The summed E-state index contributed by atoms with van der Waals surface area (Å²) in [7, 11) is -11.4. The van der Waals surface area contributed by atoms with Gasteiger partial charge in [0.15, 0.2) is 6.23 Å². The number of H-pyrrole nitrogens is 1. The van der Waals surface area contributed by atoms with Gasteiger partial charge in [-0.15, -0.1) is 0 Å². The third-order valence-electron chi connectivity index (χ3n) is 3.05. The number of hydrogen-bond donors (Lipinski definition) is 5. The highest BCUT2D eigenvalue weighted by atomic mass is 31.3. The lowest BCUT2D eigenvalue weighted by Crippen LogP contribution is -2.36. The Bertz CT molecular complexity index is 977. The second-order valence-electron chi connectivity index (χ2n) is 5.22. The summed E-state index contributed by atoms with van der Waals surface area (Å²) in [5.41, 5.74) is -1.92. The van der Waals surface area contributed by atoms with Gasteiger partial charge in [0.2, 0.25) is 5.85 Å². The molecule has 0 aliphatic carbocycles. The van der Waals surface area contributed by atoms with Crippen molar-refractivity contribution in [3.05, 3.63) is 32.6 Å². The molecule has 2 heterocycles. The predicted molar refractivity (Wildman–Crippen MR) is 79.6 cm³/mol. The summed E-state index contributed by atoms with van der Waals surface area (Å²) < 4.78 is 64.6. The number of aromatic amines is 1. The minimum absolute atomic E-state index is 0.0269. The molecule has 0 saturated carbocycles. The number of halogens is 1. The lowest BCUT2D eigenvalue weighted by molar-refractivity contribution is -0.178. The molecule has 0 spiro atoms. The maximum absolute atomic E-state index is 15.0. The van der Waals surface area contributed by atoms with Gasteiger partial charge in [-0.05, 0) is 6.92 Å². The maximum atomic E-state index is 15.0. The highest BCUT2D eigenvalue weighted by Gasteiger charge is 2.50. The summed E-state index contributed by atoms with van der Waals surface area (Å²) in [4.78, 5) is 51.3. The molecule has 0 radical (unpaired) electrons. The topological polar surface area (TPSA) is 198 Å². The second-order valence-corrected chi connectivity index (χ2v) is 7.98. The van der Waals surface area contributed by atoms with Crippen molar-refractivity contribution in [3.63, 3.8) is 0 Å². The average Bonchev–Trinajstić information content (AvgIpc) is 2.75. The van der Waals surface area contributed by atoms with Crippen LogP contribution in [0.4, 0.5) is 4.39 Å². The number of nitrogens with one attached hydrogen (secondary N) is 1. The van der Waals surface area contributed by atoms with Gasteiger partial charge in [-0.3, -0.25) is 18.9 Å². The number of aryl methyl sites for hydroxylation is 1. The lowest BCUT2D eigenvalue weighted by atomic mass is 10.2. The van der Waals surface area contributed by atoms with E-state index in [1.807, 2.05) is 4.98 Å². The average molecular weight is 422 g/mol. The molecule has 5 N–H and O–H groups in total. The van der Waals surface area contributed by atoms with Crippen molar-refractivity contribution in [3.8, 4) is 0 Å². The number of alkyl halides is 1. The molecule has 1 aliphatic heterocycles. The SMILES string of the molecule is [2H]C([2H])(OP(=O)(O)OP(=O)(O)O)[C@]1(F)C[C@@H](O)[C@H](n2cc(C)c(=O)[nH]c2=O)O1. The summed E-state index contributed by atoms with van der Waals surface area (Å²) in [6, 6.07) is 0. The number of aliphatic hydroxyl groups is 1. The standard InChI is InChI=1S/C10H15FN2O11P2/c1-5-3-13(9(16)12-7(5)15)8-6(14)2-10(11,23-8)4-22-26(20,21)24-25(17,18)19/h3,6,8,14H,2,4H2,1H3,(H,20,21)(H,12,15,16)(H2,17,18,19)/t6-,8-,10+/m1/s1/i4D2. The first kappa shape index (κ1) is 18.2. The molecule has 13 nitrogen and oxygen atoms in total. The first-order valence-corrected chi connectivity index (χ1v) is 9.66. The molecule has 148 valence electrons. The van der Waals surface area contributed by atoms with Crippen LogP contribution in [0.1, 0.15) is 21.0 Å². The molecule has 1 unspecified atom stereocenters. The van der Waals surface area contributed by atoms with Gasteiger partial charge in [-0.25, -0.2) is 18.3 Å². The molecule has 2 rings (SSSR count). The van der Waals surface area contributed by atoms with Gasteiger partial charge in [0, 0.05) is 18.2 Å². The number of ether oxygens (including phenoxy) is 1. The largest absolute Gasteiger partial charge is 0.481 e. The van der Waals surface area contributed by atoms with Crippen molar-refractivity contribution < 1.29 is 49.6 Å². The molecule has 1 aromatic heterocycles. The van der Waals surface area contributed by atoms with E-state index in [9.17, 15) is 33.1 Å². The van der Waals surface area contributed by atoms with E-state index in [2.05, 4.69) is 8.83 Å². The number of nitrogens with zero attached hydrogens (tertiary/aromatic N) is 1. The zero-order chi connectivity index (χ0) is 21.7. The zero-order valence-corrected chi connectivity index (χ0v) is 14.6. The molecule has 0 amide bonds. The number of rotatable bonds is 6. The van der Waals surface area contributed by atoms with E-state index in [1.165, 1.54) is 6.92 Å². The van der Waals surface area contributed by atoms with Crippen molar-refractivity contribution in [1.82, 2.24) is 9.55 Å². The monoisotopic (exact) mass is 422 g/mol. The van der Waals surface area contributed by atoms with Crippen molar-refractivity contribution in [1.29, 1.82) is 0 Å². The Morgan fingerprint density at radius 3 is 2.69 bits per heavy atom. The van der Waals surface area contributed by atoms with Crippen LogP contribution in [0.2, 0.25) is 0 Å². The van der Waals surface area contributed by atoms with E-state index in [0.29, 0.717) is 4.57 Å². The van der Waals surface area contributed by atoms with Crippen molar-refractivity contribution in [2.75, 3.05) is 6.56 Å². The number of hydrogen-bond acceptors (Lipinski definition) is 8. The van der Waals surface area contributed by atoms with Gasteiger partial charge >= 0.3 is 21.3 Å². The first-order chi connectivity index (χ1) is 12.5. The molecule has 0 aromatic carbocycles. The second kappa shape index (κ2) is 7.08. The van der Waals surface area contributed by atoms with E-state index < -0.39 is 58.1 Å². The van der Waals surface area contributed by atoms with Crippen LogP contribution in [0.25, 0.3) is 0 Å². The summed E-state index contributed by atoms with van der Waals surface area (Å²) >= 11 is 0. The predicted octanol–water partition coefficient (Wildman–Crippen LogP) is -0.983. The summed E-state index contributed by atoms with van der Waals surface area (Å²) in [5.74, 6) is -3.66. The van der Waals surface area contributed by atoms with Gasteiger partial charge in [0.1, 0.15) is 12.7 Å². The van der Waals surface area contributed by atoms with Gasteiger partial charge in [0.25, 0.3) is 5.56 Å². The Labute approximate surface area is 146 Å². The lowest BCUT2D eigenvalue weighted by Gasteiger charge is -2.22. The minimum Gasteiger partial charge on any atom is -0.388 e. The summed E-state index contributed by atoms with van der Waals surface area (Å²) in [6.45, 7) is -2.59. The Hall–Kier alpha value is -1.21. The molecular formula is C10H15FN2O11P2. The Kier molecular flexibility index (Phi) is 4.94. The molecule has 0 bridgehead atoms. The fraction of sp³-hybridized carbons (Fsp3) is 0.600. The molecule has 4 atom stereocenters. The van der Waals surface area contributed by atoms with E-state index in [1.54, 1.807) is 0 Å². The van der Waals surface area contributed by atoms with Crippen LogP contribution in [0, 0.1) is 6.92 Å². The van der Waals surface area contributed by atoms with Crippen LogP contribution >= 0.6 is 15.6 Å². The normalized spacial score (nSPS) is 30.5. The van der Waals surface area contributed by atoms with Gasteiger partial charge < -0.3 is 24.5 Å². The summed E-state index contributed by atoms with van der Waals surface area (Å²) in [6.07, 6.45) is -4.06. The minimum atomic E-state index is -5.82. The quantitative estimate of drug-likeness (QED) is 0.353. The third-order valence-corrected chi connectivity index (χ3v) is 5.05. The van der Waals surface area contributed by atoms with Crippen molar-refractivity contribution >= 4 is 15.6 Å². The molecule has 1 fully saturated rings. The fourth-order valence-electron chi connectivity index (χ4n) is 2.05. The smallest absolute Gasteiger partial charge is 0.388 e. The first-order valence-electron chi connectivity index (χ1n) is 7.64. The molecule has 26 heavy (non-hydrogen) atoms. The number of phosphoric ester groups is 1. The zero-order valence-electron chi connectivity index (χ0n) is 14.8. The van der Waals surface area contributed by atoms with Crippen molar-refractivity contribution in [2.24, 2.45) is 0 Å². The molecule has 16 heteroatoms. The number of aromatic nitrogens is 2. The van der Waals surface area contributed by atoms with Crippen LogP contribution < -0.4 is 11.2 Å². The highest BCUT2D eigenvalue weighted by molar-refractivity contribution is 7.60. The van der Waals surface area contributed by atoms with Crippen LogP contribution in [-0.2, 0) is 22.7 Å². The van der Waals surface area contributed by atoms with Gasteiger partial charge in [0.05, 0.1) is 2.74 Å². The number of aliphatic hydroxyl groups excluding tert-OH is 1. The molecule has 1 aliphatic rings. The van der Waals surface area contributed by atoms with E-state index in [-0.39, 0.29) is 5.56 Å². The number of phosphoric acid groups is 2. The Morgan fingerprint density at radius 1 is 1.50 bits per heavy atom. The fourth-order valence-corrected chi connectivity index (χ4v) is 3.51. The van der Waals surface area contributed by atoms with Crippen LogP contribution in [0.15, 0.2) is 15.8 Å². The Morgan fingerprint density at radius 2 is 2.12 bits per heavy atom. The van der Waals surface area contributed by atoms with E-state index in [4.69, 9.17) is 17.3 Å². The van der Waals surface area contributed by atoms with E-state index >= 15 is 0 Å². The summed E-state index contributed by atoms with van der Waals surface area (Å²) in [5, 5.41) is 9.98. The maximum Gasteiger partial charge on any atom is 0.481 e. The van der Waals surface area contributed by atoms with E-state index in [0.717, 1.165) is 6.20 Å². The van der Waals surface area contributed by atoms with Crippen LogP contribution in [0.3, 0.4) is 0 Å². The highest BCUT2D eigenvalue weighted by Crippen LogP contribution is 2.58. The third kappa shape index (κ3) is 5.16. The van der Waals surface area contributed by atoms with Crippen molar-refractivity contribution in [2.45, 2.75) is 31.5 Å².